The summed E-state index contributed by atoms with van der Waals surface area (Å²) in [6, 6.07) is 4.70. The first-order valence-electron chi connectivity index (χ1n) is 11.6. The van der Waals surface area contributed by atoms with Crippen LogP contribution in [0, 0.1) is 0 Å². The van der Waals surface area contributed by atoms with Crippen LogP contribution in [0.1, 0.15) is 28.2 Å². The number of amides is 2. The van der Waals surface area contributed by atoms with E-state index in [2.05, 4.69) is 20.2 Å². The molecule has 0 radical (unpaired) electrons. The molecule has 4 heterocycles. The number of fused-ring (bicyclic) bond motifs is 1. The normalized spacial score (nSPS) is 22.8. The zero-order valence-corrected chi connectivity index (χ0v) is 19.2. The van der Waals surface area contributed by atoms with Gasteiger partial charge in [-0.05, 0) is 30.2 Å². The fourth-order valence-corrected chi connectivity index (χ4v) is 4.73. The van der Waals surface area contributed by atoms with Crippen LogP contribution in [0.25, 0.3) is 5.57 Å². The molecule has 0 spiro atoms. The van der Waals surface area contributed by atoms with Crippen molar-refractivity contribution in [2.24, 2.45) is 5.73 Å². The molecular formula is C24H27FN6O4. The standard InChI is InChI=1S/C24H27FN6O4/c25-18-14-35-7-2-20(18)31-13-15-10-19(29-23(32)17(12-26)22-27-3-1-4-28-22)21(11-16(15)24(31)33)30-5-8-34-9-6-30/h1,3-4,10-12,18,20H,2,5-9,13-14,26H2,(H,29,32)/b17-12-/t18-,20-/m0/s1. The Labute approximate surface area is 201 Å². The summed E-state index contributed by atoms with van der Waals surface area (Å²) in [6.45, 7) is 2.94. The number of nitrogens with one attached hydrogen (secondary N) is 1. The van der Waals surface area contributed by atoms with Gasteiger partial charge in [0.15, 0.2) is 5.82 Å². The number of benzene rings is 1. The number of ether oxygens (including phenoxy) is 2. The highest BCUT2D eigenvalue weighted by Gasteiger charge is 2.39. The zero-order chi connectivity index (χ0) is 24.4. The van der Waals surface area contributed by atoms with Gasteiger partial charge in [0, 0.05) is 50.4 Å². The molecule has 10 nitrogen and oxygen atoms in total. The average molecular weight is 483 g/mol. The topological polar surface area (TPSA) is 123 Å². The van der Waals surface area contributed by atoms with Crippen molar-refractivity contribution < 1.29 is 23.5 Å². The van der Waals surface area contributed by atoms with Crippen LogP contribution < -0.4 is 16.0 Å². The summed E-state index contributed by atoms with van der Waals surface area (Å²) < 4.78 is 25.3. The number of anilines is 2. The average Bonchev–Trinajstić information content (AvgIpc) is 3.20. The summed E-state index contributed by atoms with van der Waals surface area (Å²) in [6.07, 6.45) is 3.44. The summed E-state index contributed by atoms with van der Waals surface area (Å²) in [7, 11) is 0. The van der Waals surface area contributed by atoms with Crippen molar-refractivity contribution in [2.75, 3.05) is 49.7 Å². The molecule has 0 saturated carbocycles. The van der Waals surface area contributed by atoms with Gasteiger partial charge >= 0.3 is 0 Å². The Morgan fingerprint density at radius 2 is 1.94 bits per heavy atom. The number of halogens is 1. The van der Waals surface area contributed by atoms with Crippen LogP contribution >= 0.6 is 0 Å². The molecule has 2 aromatic rings. The van der Waals surface area contributed by atoms with E-state index in [4.69, 9.17) is 15.2 Å². The second kappa shape index (κ2) is 9.96. The minimum Gasteiger partial charge on any atom is -0.404 e. The van der Waals surface area contributed by atoms with Gasteiger partial charge in [0.25, 0.3) is 11.8 Å². The molecule has 35 heavy (non-hydrogen) atoms. The van der Waals surface area contributed by atoms with Crippen molar-refractivity contribution in [3.63, 3.8) is 0 Å². The van der Waals surface area contributed by atoms with E-state index in [1.165, 1.54) is 18.6 Å². The van der Waals surface area contributed by atoms with E-state index in [-0.39, 0.29) is 30.5 Å². The van der Waals surface area contributed by atoms with Gasteiger partial charge in [0.2, 0.25) is 0 Å². The number of nitrogens with zero attached hydrogens (tertiary/aromatic N) is 4. The van der Waals surface area contributed by atoms with Crippen LogP contribution in [0.2, 0.25) is 0 Å². The second-order valence-electron chi connectivity index (χ2n) is 8.61. The van der Waals surface area contributed by atoms with E-state index in [0.717, 1.165) is 5.56 Å². The van der Waals surface area contributed by atoms with Crippen molar-refractivity contribution in [3.8, 4) is 0 Å². The molecule has 3 aliphatic heterocycles. The monoisotopic (exact) mass is 482 g/mol. The molecule has 184 valence electrons. The molecule has 0 unspecified atom stereocenters. The predicted molar refractivity (Wildman–Crippen MR) is 126 cm³/mol. The van der Waals surface area contributed by atoms with Crippen LogP contribution in [0.5, 0.6) is 0 Å². The molecule has 0 bridgehead atoms. The first kappa shape index (κ1) is 23.2. The number of hydrogen-bond acceptors (Lipinski definition) is 8. The highest BCUT2D eigenvalue weighted by Crippen LogP contribution is 2.37. The lowest BCUT2D eigenvalue weighted by atomic mass is 10.1. The smallest absolute Gasteiger partial charge is 0.261 e. The molecule has 0 aliphatic carbocycles. The van der Waals surface area contributed by atoms with Gasteiger partial charge in [-0.1, -0.05) is 0 Å². The Balaban J connectivity index is 1.47. The SMILES string of the molecule is N/C=C(\C(=O)Nc1cc2c(cc1N1CCOCC1)C(=O)N([C@H]1CCOC[C@@H]1F)C2)c1ncccn1. The van der Waals surface area contributed by atoms with Gasteiger partial charge in [-0.2, -0.15) is 0 Å². The van der Waals surface area contributed by atoms with Crippen molar-refractivity contribution in [1.82, 2.24) is 14.9 Å². The lowest BCUT2D eigenvalue weighted by Gasteiger charge is -2.33. The van der Waals surface area contributed by atoms with E-state index in [9.17, 15) is 14.0 Å². The van der Waals surface area contributed by atoms with Crippen molar-refractivity contribution in [3.05, 3.63) is 53.7 Å². The van der Waals surface area contributed by atoms with E-state index < -0.39 is 18.1 Å². The van der Waals surface area contributed by atoms with Crippen molar-refractivity contribution in [1.29, 1.82) is 0 Å². The molecule has 2 saturated heterocycles. The van der Waals surface area contributed by atoms with Crippen LogP contribution in [-0.2, 0) is 20.8 Å². The number of alkyl halides is 1. The molecule has 5 rings (SSSR count). The van der Waals surface area contributed by atoms with Gasteiger partial charge in [0.1, 0.15) is 6.17 Å². The van der Waals surface area contributed by atoms with E-state index in [1.54, 1.807) is 23.1 Å². The van der Waals surface area contributed by atoms with Gasteiger partial charge < -0.3 is 30.3 Å². The van der Waals surface area contributed by atoms with Crippen molar-refractivity contribution >= 4 is 28.8 Å². The molecule has 2 atom stereocenters. The molecule has 1 aromatic heterocycles. The highest BCUT2D eigenvalue weighted by atomic mass is 19.1. The summed E-state index contributed by atoms with van der Waals surface area (Å²) >= 11 is 0. The highest BCUT2D eigenvalue weighted by molar-refractivity contribution is 6.25. The number of rotatable bonds is 5. The number of morpholine rings is 1. The predicted octanol–water partition coefficient (Wildman–Crippen LogP) is 1.33. The van der Waals surface area contributed by atoms with Gasteiger partial charge in [0.05, 0.1) is 42.8 Å². The summed E-state index contributed by atoms with van der Waals surface area (Å²) in [4.78, 5) is 38.3. The molecule has 1 aromatic carbocycles. The molecule has 11 heteroatoms. The molecule has 2 amide bonds. The fraction of sp³-hybridized carbons (Fsp3) is 0.417. The number of hydrogen-bond donors (Lipinski definition) is 2. The van der Waals surface area contributed by atoms with E-state index >= 15 is 0 Å². The molecular weight excluding hydrogens is 455 g/mol. The molecule has 3 N–H and O–H groups in total. The van der Waals surface area contributed by atoms with Crippen LogP contribution in [0.15, 0.2) is 36.8 Å². The number of carbonyl (C=O) groups is 2. The van der Waals surface area contributed by atoms with Gasteiger partial charge in [-0.15, -0.1) is 0 Å². The number of carbonyl (C=O) groups excluding carboxylic acids is 2. The van der Waals surface area contributed by atoms with Crippen LogP contribution in [-0.4, -0.2) is 78.4 Å². The quantitative estimate of drug-likeness (QED) is 0.612. The summed E-state index contributed by atoms with van der Waals surface area (Å²) in [5, 5.41) is 2.93. The van der Waals surface area contributed by atoms with Crippen molar-refractivity contribution in [2.45, 2.75) is 25.2 Å². The largest absolute Gasteiger partial charge is 0.404 e. The second-order valence-corrected chi connectivity index (χ2v) is 8.61. The third kappa shape index (κ3) is 4.56. The Morgan fingerprint density at radius 1 is 1.17 bits per heavy atom. The lowest BCUT2D eigenvalue weighted by Crippen LogP contribution is -2.47. The minimum absolute atomic E-state index is 0.0130. The van der Waals surface area contributed by atoms with Gasteiger partial charge in [-0.25, -0.2) is 14.4 Å². The Bertz CT molecular complexity index is 1140. The molecule has 3 aliphatic rings. The third-order valence-electron chi connectivity index (χ3n) is 6.52. The maximum absolute atomic E-state index is 14.6. The number of aromatic nitrogens is 2. The minimum atomic E-state index is -1.23. The first-order chi connectivity index (χ1) is 17.1. The maximum Gasteiger partial charge on any atom is 0.261 e. The van der Waals surface area contributed by atoms with E-state index in [1.807, 2.05) is 0 Å². The Morgan fingerprint density at radius 3 is 2.66 bits per heavy atom. The Hall–Kier alpha value is -3.57. The Kier molecular flexibility index (Phi) is 6.60. The van der Waals surface area contributed by atoms with E-state index in [0.29, 0.717) is 56.3 Å². The van der Waals surface area contributed by atoms with Crippen LogP contribution in [0.3, 0.4) is 0 Å². The molecule has 2 fully saturated rings. The lowest BCUT2D eigenvalue weighted by molar-refractivity contribution is -0.111. The third-order valence-corrected chi connectivity index (χ3v) is 6.52. The number of nitrogens with two attached hydrogens (primary N) is 1. The zero-order valence-electron chi connectivity index (χ0n) is 19.2. The summed E-state index contributed by atoms with van der Waals surface area (Å²) in [5.41, 5.74) is 8.34. The fourth-order valence-electron chi connectivity index (χ4n) is 4.73. The first-order valence-corrected chi connectivity index (χ1v) is 11.6. The maximum atomic E-state index is 14.6. The van der Waals surface area contributed by atoms with Crippen LogP contribution in [0.4, 0.5) is 15.8 Å². The van der Waals surface area contributed by atoms with Gasteiger partial charge in [-0.3, -0.25) is 9.59 Å². The summed E-state index contributed by atoms with van der Waals surface area (Å²) in [5.74, 6) is -0.471.